The van der Waals surface area contributed by atoms with Gasteiger partial charge in [0.15, 0.2) is 15.6 Å². The van der Waals surface area contributed by atoms with E-state index < -0.39 is 67.6 Å². The number of nitrogens with zero attached hydrogens (tertiary/aromatic N) is 5. The smallest absolute Gasteiger partial charge is 0.455 e. The third kappa shape index (κ3) is 11.7. The molecule has 0 bridgehead atoms. The number of aromatic nitrogens is 2. The number of nitro groups is 1. The second-order valence-corrected chi connectivity index (χ2v) is 20.6. The van der Waals surface area contributed by atoms with Crippen LogP contribution in [0.1, 0.15) is 54.6 Å². The Hall–Kier alpha value is -5.74. The lowest BCUT2D eigenvalue weighted by Crippen LogP contribution is -2.51. The van der Waals surface area contributed by atoms with Crippen LogP contribution in [0, 0.1) is 15.5 Å². The quantitative estimate of drug-likeness (QED) is 0.0357. The number of aromatic amines is 1. The van der Waals surface area contributed by atoms with E-state index in [-0.39, 0.29) is 57.8 Å². The molecule has 1 atom stereocenters. The van der Waals surface area contributed by atoms with Crippen molar-refractivity contribution >= 4 is 60.9 Å². The molecular formula is C47H48ClF6N7O7S. The van der Waals surface area contributed by atoms with Crippen LogP contribution in [0.15, 0.2) is 89.6 Å². The third-order valence-corrected chi connectivity index (χ3v) is 14.6. The van der Waals surface area contributed by atoms with Crippen molar-refractivity contribution in [2.24, 2.45) is 5.41 Å². The Kier molecular flexibility index (Phi) is 14.1. The maximum Gasteiger partial charge on any atom is 0.460 e. The van der Waals surface area contributed by atoms with Gasteiger partial charge in [-0.05, 0) is 84.3 Å². The molecule has 1 aliphatic carbocycles. The number of H-pyrrole nitrogens is 1. The number of morpholine rings is 1. The maximum atomic E-state index is 14.0. The summed E-state index contributed by atoms with van der Waals surface area (Å²) in [6.07, 6.45) is -4.59. The number of Topliss-reactive ketones (excluding diaryl/α,β-unsaturated/α-hetero) is 1. The van der Waals surface area contributed by atoms with Crippen molar-refractivity contribution in [2.75, 3.05) is 74.9 Å². The van der Waals surface area contributed by atoms with E-state index in [9.17, 15) is 49.7 Å². The Bertz CT molecular complexity index is 2900. The fourth-order valence-electron chi connectivity index (χ4n) is 8.92. The van der Waals surface area contributed by atoms with Gasteiger partial charge in [0.05, 0.1) is 39.9 Å². The molecule has 2 N–H and O–H groups in total. The van der Waals surface area contributed by atoms with Crippen molar-refractivity contribution in [1.29, 1.82) is 0 Å². The number of pyridine rings is 1. The largest absolute Gasteiger partial charge is 0.460 e. The zero-order valence-electron chi connectivity index (χ0n) is 37.4. The lowest BCUT2D eigenvalue weighted by molar-refractivity contribution is -0.384. The van der Waals surface area contributed by atoms with Crippen molar-refractivity contribution in [1.82, 2.24) is 19.8 Å². The zero-order chi connectivity index (χ0) is 49.5. The van der Waals surface area contributed by atoms with Crippen molar-refractivity contribution in [3.05, 3.63) is 117 Å². The highest BCUT2D eigenvalue weighted by molar-refractivity contribution is 7.92. The van der Waals surface area contributed by atoms with Crippen LogP contribution in [0.2, 0.25) is 5.02 Å². The average molecular weight is 1000 g/mol. The van der Waals surface area contributed by atoms with E-state index in [1.807, 2.05) is 0 Å². The van der Waals surface area contributed by atoms with E-state index in [0.717, 1.165) is 54.3 Å². The van der Waals surface area contributed by atoms with E-state index in [2.05, 4.69) is 38.9 Å². The number of benzene rings is 3. The number of allylic oxidation sites excluding steroid dienone is 1. The molecule has 2 saturated heterocycles. The fourth-order valence-corrected chi connectivity index (χ4v) is 10.5. The molecule has 368 valence electrons. The standard InChI is InChI=1S/C47H48ClF6N7O7S/c1-45(2)11-9-30(38(23-45)36-6-3-31(20-39(36)48)46(49,50)51)26-58-13-15-59(16-14-58)32-4-7-37(43(21-32)68-33-19-29-10-12-55-44(29)57-24-33)42(62)28-69(65,66)35-5-8-40(41(22-35)61(63)64)56-25-34-27-60(17-18-67-34)47(52,53)54/h3-8,10,12,19-22,24,34,56H,9,11,13-18,23,25-28H2,1-2H3,(H,55,57). The number of hydrogen-bond acceptors (Lipinski definition) is 12. The number of hydrogen-bond donors (Lipinski definition) is 2. The molecule has 0 saturated carbocycles. The van der Waals surface area contributed by atoms with Crippen LogP contribution in [0.4, 0.5) is 43.4 Å². The summed E-state index contributed by atoms with van der Waals surface area (Å²) in [5.41, 5.74) is 2.19. The first-order valence-corrected chi connectivity index (χ1v) is 24.1. The molecule has 5 aromatic rings. The number of alkyl halides is 6. The van der Waals surface area contributed by atoms with Crippen molar-refractivity contribution in [3.63, 3.8) is 0 Å². The van der Waals surface area contributed by atoms with Gasteiger partial charge in [0, 0.05) is 86.8 Å². The molecule has 3 aliphatic rings. The van der Waals surface area contributed by atoms with Gasteiger partial charge in [-0.15, -0.1) is 0 Å². The van der Waals surface area contributed by atoms with E-state index in [1.54, 1.807) is 30.5 Å². The number of fused-ring (bicyclic) bond motifs is 1. The summed E-state index contributed by atoms with van der Waals surface area (Å²) in [4.78, 5) is 36.8. The highest BCUT2D eigenvalue weighted by Crippen LogP contribution is 2.46. The predicted octanol–water partition coefficient (Wildman–Crippen LogP) is 10.0. The van der Waals surface area contributed by atoms with Gasteiger partial charge in [0.25, 0.3) is 5.69 Å². The molecule has 0 amide bonds. The topological polar surface area (TPSA) is 163 Å². The summed E-state index contributed by atoms with van der Waals surface area (Å²) in [7, 11) is -4.52. The van der Waals surface area contributed by atoms with Gasteiger partial charge >= 0.3 is 12.5 Å². The van der Waals surface area contributed by atoms with Gasteiger partial charge < -0.3 is 24.7 Å². The van der Waals surface area contributed by atoms with Gasteiger partial charge in [-0.1, -0.05) is 37.1 Å². The number of anilines is 2. The third-order valence-electron chi connectivity index (χ3n) is 12.7. The molecule has 2 fully saturated rings. The first-order valence-electron chi connectivity index (χ1n) is 22.0. The molecular weight excluding hydrogens is 956 g/mol. The molecule has 0 spiro atoms. The monoisotopic (exact) mass is 1000 g/mol. The lowest BCUT2D eigenvalue weighted by atomic mass is 9.72. The van der Waals surface area contributed by atoms with Crippen molar-refractivity contribution in [2.45, 2.75) is 56.6 Å². The molecule has 14 nitrogen and oxygen atoms in total. The Morgan fingerprint density at radius 2 is 1.78 bits per heavy atom. The Morgan fingerprint density at radius 3 is 2.49 bits per heavy atom. The van der Waals surface area contributed by atoms with Crippen molar-refractivity contribution in [3.8, 4) is 11.5 Å². The van der Waals surface area contributed by atoms with Crippen LogP contribution < -0.4 is 15.0 Å². The summed E-state index contributed by atoms with van der Waals surface area (Å²) in [5, 5.41) is 15.6. The average Bonchev–Trinajstić information content (AvgIpc) is 3.76. The second kappa shape index (κ2) is 19.6. The van der Waals surface area contributed by atoms with Crippen LogP contribution in [-0.2, 0) is 20.8 Å². The number of piperazine rings is 1. The minimum Gasteiger partial charge on any atom is -0.455 e. The number of carbonyl (C=O) groups excluding carboxylic acids is 1. The summed E-state index contributed by atoms with van der Waals surface area (Å²) in [5.74, 6) is -1.65. The number of sulfone groups is 1. The summed E-state index contributed by atoms with van der Waals surface area (Å²) in [6, 6.07) is 14.8. The van der Waals surface area contributed by atoms with E-state index in [4.69, 9.17) is 21.1 Å². The number of ketones is 1. The van der Waals surface area contributed by atoms with E-state index in [0.29, 0.717) is 61.4 Å². The molecule has 3 aromatic carbocycles. The summed E-state index contributed by atoms with van der Waals surface area (Å²) in [6.45, 7) is 5.91. The molecule has 1 unspecified atom stereocenters. The van der Waals surface area contributed by atoms with Gasteiger partial charge in [-0.3, -0.25) is 19.8 Å². The number of halogens is 7. The second-order valence-electron chi connectivity index (χ2n) is 18.2. The number of nitro benzene ring substituents is 1. The first kappa shape index (κ1) is 49.7. The maximum absolute atomic E-state index is 14.0. The Balaban J connectivity index is 0.994. The highest BCUT2D eigenvalue weighted by atomic mass is 35.5. The van der Waals surface area contributed by atoms with Crippen LogP contribution in [0.3, 0.4) is 0 Å². The van der Waals surface area contributed by atoms with Gasteiger partial charge in [-0.25, -0.2) is 18.3 Å². The normalized spacial score (nSPS) is 18.7. The molecule has 8 rings (SSSR count). The molecule has 22 heteroatoms. The van der Waals surface area contributed by atoms with Crippen LogP contribution >= 0.6 is 11.6 Å². The van der Waals surface area contributed by atoms with Gasteiger partial charge in [0.2, 0.25) is 0 Å². The summed E-state index contributed by atoms with van der Waals surface area (Å²) >= 11 is 6.52. The fraction of sp³-hybridized carbons (Fsp3) is 0.404. The Morgan fingerprint density at radius 1 is 1.01 bits per heavy atom. The van der Waals surface area contributed by atoms with Crippen molar-refractivity contribution < 1.29 is 54.0 Å². The minimum atomic E-state index is -4.58. The summed E-state index contributed by atoms with van der Waals surface area (Å²) < 4.78 is 120. The molecule has 4 heterocycles. The number of nitrogens with one attached hydrogen (secondary N) is 2. The van der Waals surface area contributed by atoms with Crippen LogP contribution in [0.25, 0.3) is 16.6 Å². The Labute approximate surface area is 398 Å². The SMILES string of the molecule is CC1(C)CCC(CN2CCN(c3ccc(C(=O)CS(=O)(=O)c4ccc(NCC5CN(C(F)(F)F)CCO5)c([N+](=O)[O-])c4)c(Oc4cnc5[nH]ccc5c4)c3)CC2)=C(c2ccc(C(F)(F)F)cc2Cl)C1. The first-order chi connectivity index (χ1) is 32.5. The molecule has 2 aromatic heterocycles. The number of ether oxygens (including phenoxy) is 2. The van der Waals surface area contributed by atoms with Gasteiger partial charge in [-0.2, -0.15) is 26.3 Å². The molecule has 69 heavy (non-hydrogen) atoms. The minimum absolute atomic E-state index is 0.0411. The zero-order valence-corrected chi connectivity index (χ0v) is 39.0. The molecule has 2 aliphatic heterocycles. The predicted molar refractivity (Wildman–Crippen MR) is 248 cm³/mol. The van der Waals surface area contributed by atoms with E-state index in [1.165, 1.54) is 18.3 Å². The van der Waals surface area contributed by atoms with Crippen LogP contribution in [-0.4, -0.2) is 116 Å². The lowest BCUT2D eigenvalue weighted by Gasteiger charge is -2.39. The molecule has 0 radical (unpaired) electrons. The number of carbonyl (C=O) groups is 1. The van der Waals surface area contributed by atoms with E-state index >= 15 is 0 Å². The van der Waals surface area contributed by atoms with Gasteiger partial charge in [0.1, 0.15) is 28.6 Å². The number of rotatable bonds is 14. The van der Waals surface area contributed by atoms with Crippen LogP contribution in [0.5, 0.6) is 11.5 Å². The highest BCUT2D eigenvalue weighted by Gasteiger charge is 2.41.